The minimum absolute atomic E-state index is 0.336. The molecule has 0 spiro atoms. The molecule has 0 aromatic heterocycles. The Morgan fingerprint density at radius 3 is 2.50 bits per heavy atom. The van der Waals surface area contributed by atoms with Crippen LogP contribution in [0.3, 0.4) is 0 Å². The van der Waals surface area contributed by atoms with Crippen molar-refractivity contribution in [3.63, 3.8) is 0 Å². The molecule has 0 aromatic rings. The highest BCUT2D eigenvalue weighted by atomic mass is 35.7. The van der Waals surface area contributed by atoms with Crippen LogP contribution in [0.1, 0.15) is 39.5 Å². The van der Waals surface area contributed by atoms with Crippen molar-refractivity contribution >= 4 is 19.6 Å². The molecule has 0 amide bonds. The van der Waals surface area contributed by atoms with Crippen LogP contribution in [0.25, 0.3) is 0 Å². The number of nitrogens with one attached hydrogen (secondary N) is 1. The first kappa shape index (κ1) is 12.2. The first-order valence-corrected chi connectivity index (χ1v) is 6.97. The van der Waals surface area contributed by atoms with Gasteiger partial charge in [0.15, 0.2) is 0 Å². The quantitative estimate of drug-likeness (QED) is 0.673. The van der Waals surface area contributed by atoms with E-state index in [0.29, 0.717) is 11.7 Å². The molecule has 0 saturated carbocycles. The van der Waals surface area contributed by atoms with Crippen molar-refractivity contribution in [3.05, 3.63) is 0 Å². The normalized spacial score (nSPS) is 18.6. The molecule has 0 radical (unpaired) electrons. The molecule has 0 rings (SSSR count). The topological polar surface area (TPSA) is 40.9 Å². The summed E-state index contributed by atoms with van der Waals surface area (Å²) in [4.78, 5) is 0. The van der Waals surface area contributed by atoms with Gasteiger partial charge in [0, 0.05) is 5.75 Å². The first-order valence-electron chi connectivity index (χ1n) is 4.41. The number of rotatable bonds is 6. The van der Waals surface area contributed by atoms with Crippen LogP contribution in [0.15, 0.2) is 0 Å². The average molecular weight is 212 g/mol. The minimum atomic E-state index is -2.76. The van der Waals surface area contributed by atoms with Crippen molar-refractivity contribution in [2.45, 2.75) is 39.5 Å². The van der Waals surface area contributed by atoms with Gasteiger partial charge >= 0.3 is 0 Å². The Labute approximate surface area is 80.2 Å². The van der Waals surface area contributed by atoms with Crippen LogP contribution < -0.4 is 0 Å². The minimum Gasteiger partial charge on any atom is -0.240 e. The van der Waals surface area contributed by atoms with E-state index in [0.717, 1.165) is 12.8 Å². The zero-order valence-corrected chi connectivity index (χ0v) is 9.38. The largest absolute Gasteiger partial charge is 0.240 e. The van der Waals surface area contributed by atoms with Gasteiger partial charge in [-0.05, 0) is 29.4 Å². The molecule has 0 bridgehead atoms. The summed E-state index contributed by atoms with van der Waals surface area (Å²) in [6, 6.07) is 0. The van der Waals surface area contributed by atoms with E-state index in [-0.39, 0.29) is 0 Å². The maximum atomic E-state index is 10.8. The van der Waals surface area contributed by atoms with Gasteiger partial charge < -0.3 is 0 Å². The lowest BCUT2D eigenvalue weighted by Crippen LogP contribution is -2.00. The summed E-state index contributed by atoms with van der Waals surface area (Å²) in [5.41, 5.74) is 0. The van der Waals surface area contributed by atoms with Crippen LogP contribution in [0.5, 0.6) is 0 Å². The van der Waals surface area contributed by atoms with Gasteiger partial charge in [-0.1, -0.05) is 26.7 Å². The molecule has 2 unspecified atom stereocenters. The third-order valence-corrected chi connectivity index (χ3v) is 3.16. The summed E-state index contributed by atoms with van der Waals surface area (Å²) in [6.45, 7) is 4.34. The SMILES string of the molecule is CCCC(C)CCCS(=N)(=O)Cl. The Kier molecular flexibility index (Phi) is 5.93. The van der Waals surface area contributed by atoms with E-state index in [2.05, 4.69) is 13.8 Å². The van der Waals surface area contributed by atoms with Crippen LogP contribution in [-0.4, -0.2) is 9.96 Å². The second kappa shape index (κ2) is 5.81. The predicted molar refractivity (Wildman–Crippen MR) is 54.9 cm³/mol. The molecule has 0 aromatic carbocycles. The predicted octanol–water partition coefficient (Wildman–Crippen LogP) is 3.40. The van der Waals surface area contributed by atoms with E-state index in [9.17, 15) is 4.21 Å². The summed E-state index contributed by atoms with van der Waals surface area (Å²) < 4.78 is 17.7. The van der Waals surface area contributed by atoms with Crippen molar-refractivity contribution in [1.29, 1.82) is 4.78 Å². The molecule has 0 fully saturated rings. The van der Waals surface area contributed by atoms with Crippen LogP contribution in [0.4, 0.5) is 0 Å². The van der Waals surface area contributed by atoms with Gasteiger partial charge in [-0.2, -0.15) is 0 Å². The third-order valence-electron chi connectivity index (χ3n) is 1.89. The van der Waals surface area contributed by atoms with Crippen LogP contribution in [0, 0.1) is 10.7 Å². The molecule has 4 heteroatoms. The Morgan fingerprint density at radius 1 is 1.50 bits per heavy atom. The first-order chi connectivity index (χ1) is 5.45. The van der Waals surface area contributed by atoms with E-state index in [1.165, 1.54) is 12.8 Å². The summed E-state index contributed by atoms with van der Waals surface area (Å²) in [5, 5.41) is 0. The number of hydrogen-bond acceptors (Lipinski definition) is 2. The van der Waals surface area contributed by atoms with E-state index < -0.39 is 8.94 Å². The molecule has 2 nitrogen and oxygen atoms in total. The van der Waals surface area contributed by atoms with Crippen molar-refractivity contribution < 1.29 is 4.21 Å². The number of hydrogen-bond donors (Lipinski definition) is 1. The zero-order valence-electron chi connectivity index (χ0n) is 7.81. The van der Waals surface area contributed by atoms with Gasteiger partial charge in [0.2, 0.25) is 0 Å². The maximum absolute atomic E-state index is 10.8. The monoisotopic (exact) mass is 211 g/mol. The molecular formula is C8H18ClNOS. The van der Waals surface area contributed by atoms with Gasteiger partial charge in [0.05, 0.1) is 0 Å². The second-order valence-electron chi connectivity index (χ2n) is 3.33. The zero-order chi connectivity index (χ0) is 9.61. The van der Waals surface area contributed by atoms with Crippen molar-refractivity contribution in [1.82, 2.24) is 0 Å². The Bertz CT molecular complexity index is 201. The standard InChI is InChI=1S/C8H18ClNOS/c1-3-5-8(2)6-4-7-12(9,10)11/h8,10H,3-7H2,1-2H3. The van der Waals surface area contributed by atoms with Crippen molar-refractivity contribution in [2.75, 3.05) is 5.75 Å². The van der Waals surface area contributed by atoms with Crippen LogP contribution in [0.2, 0.25) is 0 Å². The van der Waals surface area contributed by atoms with E-state index >= 15 is 0 Å². The Morgan fingerprint density at radius 2 is 2.08 bits per heavy atom. The summed E-state index contributed by atoms with van der Waals surface area (Å²) >= 11 is 0. The molecule has 0 saturated heterocycles. The molecule has 2 atom stereocenters. The van der Waals surface area contributed by atoms with Crippen molar-refractivity contribution in [2.24, 2.45) is 5.92 Å². The lowest BCUT2D eigenvalue weighted by atomic mass is 10.0. The lowest BCUT2D eigenvalue weighted by molar-refractivity contribution is 0.481. The van der Waals surface area contributed by atoms with Gasteiger partial charge in [0.1, 0.15) is 8.94 Å². The molecule has 0 heterocycles. The van der Waals surface area contributed by atoms with E-state index in [4.69, 9.17) is 15.5 Å². The molecule has 0 aliphatic carbocycles. The van der Waals surface area contributed by atoms with Crippen LogP contribution >= 0.6 is 10.7 Å². The average Bonchev–Trinajstić information content (AvgIpc) is 1.84. The fourth-order valence-corrected chi connectivity index (χ4v) is 2.12. The molecule has 0 aliphatic rings. The van der Waals surface area contributed by atoms with Crippen LogP contribution in [-0.2, 0) is 8.94 Å². The molecule has 0 aliphatic heterocycles. The smallest absolute Gasteiger partial charge is 0.127 e. The highest BCUT2D eigenvalue weighted by Crippen LogP contribution is 2.13. The van der Waals surface area contributed by atoms with Gasteiger partial charge in [-0.3, -0.25) is 0 Å². The third kappa shape index (κ3) is 8.34. The molecular weight excluding hydrogens is 194 g/mol. The summed E-state index contributed by atoms with van der Waals surface area (Å²) in [6.07, 6.45) is 4.25. The van der Waals surface area contributed by atoms with E-state index in [1.807, 2.05) is 0 Å². The van der Waals surface area contributed by atoms with Gasteiger partial charge in [0.25, 0.3) is 0 Å². The highest BCUT2D eigenvalue weighted by Gasteiger charge is 2.04. The van der Waals surface area contributed by atoms with Gasteiger partial charge in [-0.25, -0.2) is 8.99 Å². The van der Waals surface area contributed by atoms with Crippen molar-refractivity contribution in [3.8, 4) is 0 Å². The Balaban J connectivity index is 3.44. The summed E-state index contributed by atoms with van der Waals surface area (Å²) in [7, 11) is 2.53. The highest BCUT2D eigenvalue weighted by molar-refractivity contribution is 8.14. The summed E-state index contributed by atoms with van der Waals surface area (Å²) in [5.74, 6) is 1.01. The molecule has 1 N–H and O–H groups in total. The number of halogens is 1. The molecule has 74 valence electrons. The fraction of sp³-hybridized carbons (Fsp3) is 1.00. The van der Waals surface area contributed by atoms with Gasteiger partial charge in [-0.15, -0.1) is 0 Å². The van der Waals surface area contributed by atoms with E-state index in [1.54, 1.807) is 0 Å². The maximum Gasteiger partial charge on any atom is 0.127 e. The lowest BCUT2D eigenvalue weighted by Gasteiger charge is -2.08. The molecule has 12 heavy (non-hydrogen) atoms. The Hall–Kier alpha value is 0.240. The fourth-order valence-electron chi connectivity index (χ4n) is 1.25. The second-order valence-corrected chi connectivity index (χ2v) is 6.43.